The Morgan fingerprint density at radius 3 is 1.95 bits per heavy atom. The van der Waals surface area contributed by atoms with Crippen molar-refractivity contribution in [1.29, 1.82) is 0 Å². The van der Waals surface area contributed by atoms with Crippen LogP contribution in [-0.4, -0.2) is 6.11 Å². The SMILES string of the molecule is CC1CCC(c2ccc(C3CCC(C4CCC(C(F)(F)Oc5ccc(/C(F)=C/F)c(F)c5)CC4)CC3)c(F)c2)CC1. The summed E-state index contributed by atoms with van der Waals surface area (Å²) in [7, 11) is 0. The van der Waals surface area contributed by atoms with Gasteiger partial charge < -0.3 is 4.74 Å². The molecule has 0 amide bonds. The van der Waals surface area contributed by atoms with Gasteiger partial charge in [-0.05, 0) is 123 Å². The quantitative estimate of drug-likeness (QED) is 0.297. The number of hydrogen-bond donors (Lipinski definition) is 0. The molecule has 0 spiro atoms. The molecule has 1 nitrogen and oxygen atoms in total. The van der Waals surface area contributed by atoms with Crippen LogP contribution in [0.25, 0.3) is 5.83 Å². The van der Waals surface area contributed by atoms with Crippen LogP contribution >= 0.6 is 0 Å². The molecule has 3 fully saturated rings. The van der Waals surface area contributed by atoms with Gasteiger partial charge in [0.2, 0.25) is 0 Å². The largest absolute Gasteiger partial charge is 0.432 e. The summed E-state index contributed by atoms with van der Waals surface area (Å²) in [6.07, 6.45) is 6.54. The van der Waals surface area contributed by atoms with Gasteiger partial charge in [0, 0.05) is 11.6 Å². The van der Waals surface area contributed by atoms with Crippen LogP contribution in [0.5, 0.6) is 5.75 Å². The molecule has 0 unspecified atom stereocenters. The highest BCUT2D eigenvalue weighted by Crippen LogP contribution is 2.47. The van der Waals surface area contributed by atoms with Crippen LogP contribution in [0.4, 0.5) is 26.3 Å². The third kappa shape index (κ3) is 6.97. The lowest BCUT2D eigenvalue weighted by Gasteiger charge is -2.39. The van der Waals surface area contributed by atoms with Crippen molar-refractivity contribution in [2.45, 2.75) is 102 Å². The highest BCUT2D eigenvalue weighted by Gasteiger charge is 2.45. The van der Waals surface area contributed by atoms with Gasteiger partial charge in [-0.15, -0.1) is 0 Å². The van der Waals surface area contributed by atoms with Gasteiger partial charge in [0.25, 0.3) is 0 Å². The zero-order chi connectivity index (χ0) is 29.1. The van der Waals surface area contributed by atoms with E-state index < -0.39 is 35.0 Å². The van der Waals surface area contributed by atoms with E-state index in [9.17, 15) is 22.0 Å². The maximum Gasteiger partial charge on any atom is 0.400 e. The van der Waals surface area contributed by atoms with Crippen molar-refractivity contribution in [3.05, 3.63) is 71.1 Å². The molecule has 0 atom stereocenters. The van der Waals surface area contributed by atoms with Crippen LogP contribution in [0.15, 0.2) is 42.7 Å². The third-order valence-corrected chi connectivity index (χ3v) is 10.2. The average molecular weight is 579 g/mol. The predicted octanol–water partition coefficient (Wildman–Crippen LogP) is 11.2. The van der Waals surface area contributed by atoms with Crippen LogP contribution in [-0.2, 0) is 0 Å². The Hall–Kier alpha value is -2.44. The summed E-state index contributed by atoms with van der Waals surface area (Å²) < 4.78 is 89.6. The lowest BCUT2D eigenvalue weighted by molar-refractivity contribution is -0.224. The zero-order valence-electron chi connectivity index (χ0n) is 23.7. The molecule has 224 valence electrons. The van der Waals surface area contributed by atoms with Gasteiger partial charge in [0.05, 0.1) is 5.92 Å². The molecule has 3 aliphatic carbocycles. The fourth-order valence-corrected chi connectivity index (χ4v) is 7.60. The van der Waals surface area contributed by atoms with Crippen LogP contribution in [0.2, 0.25) is 0 Å². The normalized spacial score (nSPS) is 29.8. The van der Waals surface area contributed by atoms with E-state index in [2.05, 4.69) is 13.0 Å². The fraction of sp³-hybridized carbons (Fsp3) is 0.588. The van der Waals surface area contributed by atoms with E-state index in [4.69, 9.17) is 4.74 Å². The van der Waals surface area contributed by atoms with E-state index in [0.717, 1.165) is 67.7 Å². The van der Waals surface area contributed by atoms with Crippen molar-refractivity contribution in [2.75, 3.05) is 0 Å². The summed E-state index contributed by atoms with van der Waals surface area (Å²) in [5.74, 6) is -1.83. The molecule has 3 aliphatic rings. The molecule has 2 aromatic carbocycles. The van der Waals surface area contributed by atoms with Gasteiger partial charge in [0.15, 0.2) is 5.83 Å². The minimum atomic E-state index is -3.50. The van der Waals surface area contributed by atoms with Gasteiger partial charge in [0.1, 0.15) is 23.7 Å². The Morgan fingerprint density at radius 2 is 1.37 bits per heavy atom. The van der Waals surface area contributed by atoms with E-state index in [1.807, 2.05) is 6.07 Å². The van der Waals surface area contributed by atoms with Gasteiger partial charge in [-0.3, -0.25) is 0 Å². The fourth-order valence-electron chi connectivity index (χ4n) is 7.60. The van der Waals surface area contributed by atoms with E-state index >= 15 is 4.39 Å². The molecule has 3 saturated carbocycles. The smallest absolute Gasteiger partial charge is 0.400 e. The Kier molecular flexibility index (Phi) is 9.40. The Labute approximate surface area is 239 Å². The van der Waals surface area contributed by atoms with E-state index in [0.29, 0.717) is 49.5 Å². The lowest BCUT2D eigenvalue weighted by Crippen LogP contribution is -2.38. The van der Waals surface area contributed by atoms with Crippen molar-refractivity contribution in [2.24, 2.45) is 23.7 Å². The van der Waals surface area contributed by atoms with Crippen molar-refractivity contribution in [3.8, 4) is 5.75 Å². The van der Waals surface area contributed by atoms with E-state index in [1.54, 1.807) is 6.07 Å². The van der Waals surface area contributed by atoms with Crippen molar-refractivity contribution >= 4 is 5.83 Å². The minimum absolute atomic E-state index is 0.0779. The summed E-state index contributed by atoms with van der Waals surface area (Å²) in [6, 6.07) is 8.48. The monoisotopic (exact) mass is 578 g/mol. The van der Waals surface area contributed by atoms with Crippen LogP contribution in [0.1, 0.15) is 112 Å². The molecule has 2 aromatic rings. The van der Waals surface area contributed by atoms with Gasteiger partial charge in [-0.25, -0.2) is 17.6 Å². The average Bonchev–Trinajstić information content (AvgIpc) is 2.97. The number of alkyl halides is 2. The predicted molar refractivity (Wildman–Crippen MR) is 149 cm³/mol. The first-order chi connectivity index (χ1) is 19.6. The molecular formula is C34H40F6O. The second-order valence-corrected chi connectivity index (χ2v) is 12.7. The second kappa shape index (κ2) is 12.8. The molecule has 0 aliphatic heterocycles. The molecule has 0 N–H and O–H groups in total. The summed E-state index contributed by atoms with van der Waals surface area (Å²) >= 11 is 0. The highest BCUT2D eigenvalue weighted by atomic mass is 19.3. The Morgan fingerprint density at radius 1 is 0.756 bits per heavy atom. The zero-order valence-corrected chi connectivity index (χ0v) is 23.7. The maximum absolute atomic E-state index is 15.2. The van der Waals surface area contributed by atoms with Crippen LogP contribution in [0, 0.1) is 35.3 Å². The molecule has 0 saturated heterocycles. The first-order valence-electron chi connectivity index (χ1n) is 15.3. The summed E-state index contributed by atoms with van der Waals surface area (Å²) in [6.45, 7) is 2.29. The highest BCUT2D eigenvalue weighted by molar-refractivity contribution is 5.59. The number of benzene rings is 2. The summed E-state index contributed by atoms with van der Waals surface area (Å²) in [5, 5.41) is 0. The standard InChI is InChI=1S/C34H40F6O/c1-21-2-4-24(5-3-21)26-12-16-29(31(36)18-26)25-8-6-22(7-9-25)23-10-13-27(14-11-23)34(39,40)41-28-15-17-30(32(37)19-28)33(38)20-35/h12,15-25,27H,2-11,13-14H2,1H3/b33-20-. The Bertz CT molecular complexity index is 1200. The molecule has 5 rings (SSSR count). The Balaban J connectivity index is 1.11. The number of rotatable bonds is 7. The molecule has 0 heterocycles. The summed E-state index contributed by atoms with van der Waals surface area (Å²) in [4.78, 5) is 0. The number of halogens is 6. The van der Waals surface area contributed by atoms with Crippen LogP contribution in [0.3, 0.4) is 0 Å². The number of hydrogen-bond acceptors (Lipinski definition) is 1. The number of ether oxygens (including phenoxy) is 1. The van der Waals surface area contributed by atoms with Gasteiger partial charge >= 0.3 is 6.11 Å². The molecule has 0 bridgehead atoms. The van der Waals surface area contributed by atoms with Gasteiger partial charge in [-0.2, -0.15) is 8.78 Å². The summed E-state index contributed by atoms with van der Waals surface area (Å²) in [5.41, 5.74) is 1.31. The van der Waals surface area contributed by atoms with Gasteiger partial charge in [-0.1, -0.05) is 31.9 Å². The topological polar surface area (TPSA) is 9.23 Å². The molecule has 0 radical (unpaired) electrons. The molecule has 7 heteroatoms. The second-order valence-electron chi connectivity index (χ2n) is 12.7. The third-order valence-electron chi connectivity index (χ3n) is 10.2. The van der Waals surface area contributed by atoms with E-state index in [1.165, 1.54) is 12.8 Å². The minimum Gasteiger partial charge on any atom is -0.432 e. The maximum atomic E-state index is 15.2. The first-order valence-corrected chi connectivity index (χ1v) is 15.3. The van der Waals surface area contributed by atoms with Crippen molar-refractivity contribution in [1.82, 2.24) is 0 Å². The molecule has 0 aromatic heterocycles. The van der Waals surface area contributed by atoms with Crippen LogP contribution < -0.4 is 4.74 Å². The van der Waals surface area contributed by atoms with Crippen molar-refractivity contribution < 1.29 is 31.1 Å². The molecular weight excluding hydrogens is 538 g/mol. The van der Waals surface area contributed by atoms with E-state index in [-0.39, 0.29) is 18.1 Å². The van der Waals surface area contributed by atoms with Crippen molar-refractivity contribution in [3.63, 3.8) is 0 Å². The lowest BCUT2D eigenvalue weighted by atomic mass is 9.68. The first kappa shape index (κ1) is 30.0. The molecule has 41 heavy (non-hydrogen) atoms.